The number of anilines is 1. The van der Waals surface area contributed by atoms with Crippen molar-refractivity contribution in [3.05, 3.63) is 59.9 Å². The maximum Gasteiger partial charge on any atom is 0.237 e. The van der Waals surface area contributed by atoms with Crippen LogP contribution in [0.5, 0.6) is 11.5 Å². The number of rotatable bonds is 5. The van der Waals surface area contributed by atoms with Crippen LogP contribution in [0.3, 0.4) is 0 Å². The number of benzene rings is 2. The van der Waals surface area contributed by atoms with Gasteiger partial charge >= 0.3 is 0 Å². The summed E-state index contributed by atoms with van der Waals surface area (Å²) in [5, 5.41) is 3.40. The third kappa shape index (κ3) is 4.40. The highest BCUT2D eigenvalue weighted by Crippen LogP contribution is 2.33. The summed E-state index contributed by atoms with van der Waals surface area (Å²) in [4.78, 5) is 17.2. The molecule has 150 valence electrons. The topological polar surface area (TPSA) is 65.4 Å². The number of nitrogens with one attached hydrogen (secondary N) is 1. The van der Waals surface area contributed by atoms with E-state index in [1.807, 2.05) is 29.8 Å². The van der Waals surface area contributed by atoms with Crippen LogP contribution < -0.4 is 14.8 Å². The molecule has 0 bridgehead atoms. The number of fused-ring (bicyclic) bond motifs is 1. The van der Waals surface area contributed by atoms with Gasteiger partial charge in [0.1, 0.15) is 13.2 Å². The van der Waals surface area contributed by atoms with E-state index in [4.69, 9.17) is 9.47 Å². The average molecular weight is 410 g/mol. The number of thioether (sulfide) groups is 1. The third-order valence-electron chi connectivity index (χ3n) is 4.55. The summed E-state index contributed by atoms with van der Waals surface area (Å²) in [6, 6.07) is 11.8. The van der Waals surface area contributed by atoms with Crippen LogP contribution in [0.4, 0.5) is 5.69 Å². The van der Waals surface area contributed by atoms with Gasteiger partial charge in [-0.2, -0.15) is 0 Å². The number of carbonyl (C=O) groups is 1. The molecular weight excluding hydrogens is 386 g/mol. The largest absolute Gasteiger partial charge is 0.486 e. The van der Waals surface area contributed by atoms with Crippen LogP contribution >= 0.6 is 11.8 Å². The van der Waals surface area contributed by atoms with Gasteiger partial charge < -0.3 is 14.8 Å². The van der Waals surface area contributed by atoms with E-state index in [1.165, 1.54) is 22.9 Å². The van der Waals surface area contributed by atoms with Crippen molar-refractivity contribution in [3.63, 3.8) is 0 Å². The Morgan fingerprint density at radius 2 is 1.83 bits per heavy atom. The summed E-state index contributed by atoms with van der Waals surface area (Å²) < 4.78 is 13.1. The van der Waals surface area contributed by atoms with Gasteiger partial charge in [-0.05, 0) is 56.2 Å². The molecule has 1 unspecified atom stereocenters. The van der Waals surface area contributed by atoms with E-state index in [1.54, 1.807) is 12.3 Å². The van der Waals surface area contributed by atoms with Crippen LogP contribution in [0.25, 0.3) is 5.69 Å². The Kier molecular flexibility index (Phi) is 5.49. The van der Waals surface area contributed by atoms with Crippen molar-refractivity contribution in [1.82, 2.24) is 9.55 Å². The molecule has 1 aliphatic rings. The third-order valence-corrected chi connectivity index (χ3v) is 5.63. The first-order valence-corrected chi connectivity index (χ1v) is 10.4. The highest BCUT2D eigenvalue weighted by atomic mass is 32.2. The van der Waals surface area contributed by atoms with E-state index in [2.05, 4.69) is 42.3 Å². The first-order chi connectivity index (χ1) is 14.0. The van der Waals surface area contributed by atoms with Gasteiger partial charge in [-0.1, -0.05) is 17.8 Å². The van der Waals surface area contributed by atoms with Crippen molar-refractivity contribution in [1.29, 1.82) is 0 Å². The quantitative estimate of drug-likeness (QED) is 0.634. The molecule has 6 nitrogen and oxygen atoms in total. The lowest BCUT2D eigenvalue weighted by atomic mass is 10.1. The van der Waals surface area contributed by atoms with Gasteiger partial charge in [-0.15, -0.1) is 0 Å². The van der Waals surface area contributed by atoms with Crippen LogP contribution in [0, 0.1) is 13.8 Å². The van der Waals surface area contributed by atoms with Crippen molar-refractivity contribution >= 4 is 23.4 Å². The molecule has 3 aromatic rings. The Bertz CT molecular complexity index is 1030. The summed E-state index contributed by atoms with van der Waals surface area (Å²) in [7, 11) is 0. The lowest BCUT2D eigenvalue weighted by molar-refractivity contribution is -0.115. The van der Waals surface area contributed by atoms with Crippen LogP contribution in [-0.2, 0) is 4.79 Å². The van der Waals surface area contributed by atoms with E-state index >= 15 is 0 Å². The van der Waals surface area contributed by atoms with E-state index in [-0.39, 0.29) is 11.2 Å². The Labute approximate surface area is 174 Å². The molecule has 1 amide bonds. The van der Waals surface area contributed by atoms with Crippen LogP contribution in [0.15, 0.2) is 53.9 Å². The summed E-state index contributed by atoms with van der Waals surface area (Å²) >= 11 is 1.42. The molecule has 2 heterocycles. The van der Waals surface area contributed by atoms with E-state index in [0.29, 0.717) is 30.4 Å². The maximum absolute atomic E-state index is 12.7. The van der Waals surface area contributed by atoms with Gasteiger partial charge in [0, 0.05) is 29.8 Å². The summed E-state index contributed by atoms with van der Waals surface area (Å²) in [5.74, 6) is 1.26. The fourth-order valence-electron chi connectivity index (χ4n) is 3.24. The summed E-state index contributed by atoms with van der Waals surface area (Å²) in [5.41, 5.74) is 4.11. The van der Waals surface area contributed by atoms with Crippen molar-refractivity contribution in [2.45, 2.75) is 31.2 Å². The second kappa shape index (κ2) is 8.21. The molecule has 7 heteroatoms. The normalized spacial score (nSPS) is 13.8. The predicted molar refractivity (Wildman–Crippen MR) is 114 cm³/mol. The van der Waals surface area contributed by atoms with Crippen molar-refractivity contribution in [2.75, 3.05) is 18.5 Å². The maximum atomic E-state index is 12.7. The summed E-state index contributed by atoms with van der Waals surface area (Å²) in [6.45, 7) is 7.07. The summed E-state index contributed by atoms with van der Waals surface area (Å²) in [6.07, 6.45) is 3.67. The molecule has 0 radical (unpaired) electrons. The number of amides is 1. The first-order valence-electron chi connectivity index (χ1n) is 9.49. The number of ether oxygens (including phenoxy) is 2. The Morgan fingerprint density at radius 3 is 2.59 bits per heavy atom. The number of aryl methyl sites for hydroxylation is 2. The van der Waals surface area contributed by atoms with Gasteiger partial charge in [-0.3, -0.25) is 9.36 Å². The molecule has 0 fully saturated rings. The van der Waals surface area contributed by atoms with Crippen LogP contribution in [0.2, 0.25) is 0 Å². The molecule has 29 heavy (non-hydrogen) atoms. The minimum Gasteiger partial charge on any atom is -0.486 e. The van der Waals surface area contributed by atoms with Gasteiger partial charge in [-0.25, -0.2) is 4.98 Å². The smallest absolute Gasteiger partial charge is 0.237 e. The first kappa shape index (κ1) is 19.4. The van der Waals surface area contributed by atoms with Crippen LogP contribution in [0.1, 0.15) is 18.1 Å². The molecular formula is C22H23N3O3S. The zero-order valence-corrected chi connectivity index (χ0v) is 17.5. The van der Waals surface area contributed by atoms with Gasteiger partial charge in [0.05, 0.1) is 5.25 Å². The monoisotopic (exact) mass is 409 g/mol. The molecule has 1 aromatic heterocycles. The Morgan fingerprint density at radius 1 is 1.10 bits per heavy atom. The molecule has 0 spiro atoms. The number of nitrogens with zero attached hydrogens (tertiary/aromatic N) is 2. The molecule has 1 aliphatic heterocycles. The van der Waals surface area contributed by atoms with E-state index in [0.717, 1.165) is 10.8 Å². The van der Waals surface area contributed by atoms with Crippen molar-refractivity contribution < 1.29 is 14.3 Å². The highest BCUT2D eigenvalue weighted by Gasteiger charge is 2.19. The standard InChI is InChI=1S/C22H23N3O3S/c1-14-10-15(2)12-18(11-14)25-7-6-23-22(25)29-16(3)21(26)24-17-4-5-19-20(13-17)28-9-8-27-19/h4-7,10-13,16H,8-9H2,1-3H3,(H,24,26). The SMILES string of the molecule is Cc1cc(C)cc(-n2ccnc2SC(C)C(=O)Nc2ccc3c(c2)OCCO3)c1. The number of hydrogen-bond donors (Lipinski definition) is 1. The van der Waals surface area contributed by atoms with E-state index in [9.17, 15) is 4.79 Å². The van der Waals surface area contributed by atoms with E-state index < -0.39 is 0 Å². The molecule has 0 saturated heterocycles. The van der Waals surface area contributed by atoms with Crippen LogP contribution in [-0.4, -0.2) is 33.9 Å². The Hall–Kier alpha value is -2.93. The average Bonchev–Trinajstić information content (AvgIpc) is 3.15. The minimum absolute atomic E-state index is 0.0957. The number of aromatic nitrogens is 2. The number of imidazole rings is 1. The Balaban J connectivity index is 1.46. The zero-order chi connectivity index (χ0) is 20.4. The minimum atomic E-state index is -0.324. The van der Waals surface area contributed by atoms with Gasteiger partial charge in [0.25, 0.3) is 0 Å². The zero-order valence-electron chi connectivity index (χ0n) is 16.6. The number of hydrogen-bond acceptors (Lipinski definition) is 5. The number of carbonyl (C=O) groups excluding carboxylic acids is 1. The molecule has 0 saturated carbocycles. The molecule has 1 N–H and O–H groups in total. The molecule has 2 aromatic carbocycles. The lowest BCUT2D eigenvalue weighted by Gasteiger charge is -2.19. The second-order valence-corrected chi connectivity index (χ2v) is 8.34. The molecule has 1 atom stereocenters. The molecule has 0 aliphatic carbocycles. The fraction of sp³-hybridized carbons (Fsp3) is 0.273. The molecule has 4 rings (SSSR count). The highest BCUT2D eigenvalue weighted by molar-refractivity contribution is 8.00. The lowest BCUT2D eigenvalue weighted by Crippen LogP contribution is -2.23. The van der Waals surface area contributed by atoms with Crippen molar-refractivity contribution in [3.8, 4) is 17.2 Å². The van der Waals surface area contributed by atoms with Gasteiger partial charge in [0.15, 0.2) is 16.7 Å². The van der Waals surface area contributed by atoms with Gasteiger partial charge in [0.2, 0.25) is 5.91 Å². The fourth-order valence-corrected chi connectivity index (χ4v) is 4.12. The predicted octanol–water partition coefficient (Wildman–Crippen LogP) is 4.38. The van der Waals surface area contributed by atoms with Crippen molar-refractivity contribution in [2.24, 2.45) is 0 Å². The second-order valence-electron chi connectivity index (χ2n) is 7.03.